The first-order valence-electron chi connectivity index (χ1n) is 13.2. The number of fused-ring (bicyclic) bond motifs is 2. The van der Waals surface area contributed by atoms with Crippen LogP contribution < -0.4 is 19.1 Å². The molecule has 5 heterocycles. The summed E-state index contributed by atoms with van der Waals surface area (Å²) in [5.74, 6) is -1.06. The summed E-state index contributed by atoms with van der Waals surface area (Å²) in [6, 6.07) is 2.61. The van der Waals surface area contributed by atoms with E-state index in [1.54, 1.807) is 6.92 Å². The molecule has 3 saturated carbocycles. The van der Waals surface area contributed by atoms with Crippen molar-refractivity contribution in [2.24, 2.45) is 10.8 Å². The lowest BCUT2D eigenvalue weighted by Crippen LogP contribution is -2.69. The molecule has 2 bridgehead atoms. The van der Waals surface area contributed by atoms with Crippen molar-refractivity contribution in [3.8, 4) is 23.1 Å². The number of carboxylic acids is 1. The first-order valence-corrected chi connectivity index (χ1v) is 13.2. The van der Waals surface area contributed by atoms with Crippen molar-refractivity contribution in [2.45, 2.75) is 57.6 Å². The molecule has 1 N–H and O–H groups in total. The van der Waals surface area contributed by atoms with Crippen molar-refractivity contribution in [3.05, 3.63) is 41.5 Å². The lowest BCUT2D eigenvalue weighted by atomic mass is 9.35. The number of aliphatic carboxylic acids is 1. The number of aromatic nitrogens is 5. The Hall–Kier alpha value is -4.24. The lowest BCUT2D eigenvalue weighted by molar-refractivity contribution is -0.286. The maximum absolute atomic E-state index is 14.1. The minimum atomic E-state index is -4.70. The average Bonchev–Trinajstić information content (AvgIpc) is 3.41. The van der Waals surface area contributed by atoms with Crippen LogP contribution in [-0.4, -0.2) is 55.4 Å². The fourth-order valence-corrected chi connectivity index (χ4v) is 6.76. The van der Waals surface area contributed by atoms with Crippen molar-refractivity contribution in [1.29, 1.82) is 0 Å². The molecule has 16 heteroatoms. The molecular formula is C26H23F5N6O5. The van der Waals surface area contributed by atoms with E-state index < -0.39 is 35.7 Å². The molecule has 2 aliphatic heterocycles. The van der Waals surface area contributed by atoms with E-state index in [1.165, 1.54) is 23.0 Å². The van der Waals surface area contributed by atoms with Crippen LogP contribution in [-0.2, 0) is 17.4 Å². The third-order valence-corrected chi connectivity index (χ3v) is 8.39. The second kappa shape index (κ2) is 8.64. The summed E-state index contributed by atoms with van der Waals surface area (Å²) in [4.78, 5) is 17.5. The van der Waals surface area contributed by atoms with Crippen molar-refractivity contribution in [1.82, 2.24) is 25.0 Å². The molecule has 5 aliphatic rings. The zero-order valence-electron chi connectivity index (χ0n) is 22.0. The molecule has 3 aliphatic carbocycles. The van der Waals surface area contributed by atoms with Gasteiger partial charge in [0.2, 0.25) is 5.88 Å². The van der Waals surface area contributed by atoms with Crippen molar-refractivity contribution in [3.63, 3.8) is 0 Å². The highest BCUT2D eigenvalue weighted by Gasteiger charge is 2.72. The molecule has 0 unspecified atom stereocenters. The number of anilines is 1. The highest BCUT2D eigenvalue weighted by molar-refractivity contribution is 5.79. The van der Waals surface area contributed by atoms with Gasteiger partial charge in [-0.25, -0.2) is 4.68 Å². The number of pyridine rings is 1. The number of carboxylic acid groups (broad SMARTS) is 1. The van der Waals surface area contributed by atoms with Crippen LogP contribution in [0.2, 0.25) is 0 Å². The van der Waals surface area contributed by atoms with Crippen molar-refractivity contribution >= 4 is 11.8 Å². The molecule has 0 radical (unpaired) electrons. The summed E-state index contributed by atoms with van der Waals surface area (Å²) >= 11 is 0. The highest BCUT2D eigenvalue weighted by atomic mass is 19.4. The first kappa shape index (κ1) is 26.6. The zero-order valence-corrected chi connectivity index (χ0v) is 22.0. The fourth-order valence-electron chi connectivity index (χ4n) is 6.76. The van der Waals surface area contributed by atoms with Crippen LogP contribution in [0.25, 0.3) is 5.69 Å². The van der Waals surface area contributed by atoms with Crippen LogP contribution in [0, 0.1) is 10.8 Å². The number of nitrogens with zero attached hydrogens (tertiary/aromatic N) is 6. The molecule has 3 aromatic heterocycles. The number of rotatable bonds is 7. The summed E-state index contributed by atoms with van der Waals surface area (Å²) in [6.45, 7) is 2.49. The lowest BCUT2D eigenvalue weighted by Gasteiger charge is -2.69. The van der Waals surface area contributed by atoms with Gasteiger partial charge in [0.25, 0.3) is 0 Å². The fraction of sp³-hybridized carbons (Fsp3) is 0.500. The largest absolute Gasteiger partial charge is 0.586 e. The molecule has 42 heavy (non-hydrogen) atoms. The summed E-state index contributed by atoms with van der Waals surface area (Å²) in [6.07, 6.45) is -4.83. The normalized spacial score (nSPS) is 25.7. The smallest absolute Gasteiger partial charge is 0.481 e. The Morgan fingerprint density at radius 3 is 2.62 bits per heavy atom. The van der Waals surface area contributed by atoms with Gasteiger partial charge in [-0.2, -0.15) is 23.4 Å². The van der Waals surface area contributed by atoms with Gasteiger partial charge in [-0.15, -0.1) is 13.9 Å². The van der Waals surface area contributed by atoms with Gasteiger partial charge >= 0.3 is 18.4 Å². The van der Waals surface area contributed by atoms with Gasteiger partial charge in [-0.3, -0.25) is 9.78 Å². The Morgan fingerprint density at radius 1 is 1.17 bits per heavy atom. The Labute approximate surface area is 234 Å². The van der Waals surface area contributed by atoms with Gasteiger partial charge < -0.3 is 24.2 Å². The van der Waals surface area contributed by atoms with Gasteiger partial charge in [-0.05, 0) is 44.4 Å². The maximum Gasteiger partial charge on any atom is 0.586 e. The quantitative estimate of drug-likeness (QED) is 0.390. The highest BCUT2D eigenvalue weighted by Crippen LogP contribution is 2.73. The van der Waals surface area contributed by atoms with Gasteiger partial charge in [0.05, 0.1) is 29.2 Å². The molecular weight excluding hydrogens is 571 g/mol. The van der Waals surface area contributed by atoms with Gasteiger partial charge in [0.15, 0.2) is 17.2 Å². The van der Waals surface area contributed by atoms with Crippen LogP contribution in [0.4, 0.5) is 27.8 Å². The Morgan fingerprint density at radius 2 is 1.90 bits per heavy atom. The summed E-state index contributed by atoms with van der Waals surface area (Å²) in [5.41, 5.74) is -1.49. The van der Waals surface area contributed by atoms with Crippen LogP contribution in [0.5, 0.6) is 17.4 Å². The van der Waals surface area contributed by atoms with Crippen molar-refractivity contribution < 1.29 is 46.1 Å². The number of alkyl halides is 5. The van der Waals surface area contributed by atoms with E-state index >= 15 is 0 Å². The van der Waals surface area contributed by atoms with E-state index in [-0.39, 0.29) is 52.0 Å². The molecule has 3 fully saturated rings. The van der Waals surface area contributed by atoms with Gasteiger partial charge in [-0.1, -0.05) is 0 Å². The molecule has 3 aromatic rings. The predicted octanol–water partition coefficient (Wildman–Crippen LogP) is 4.55. The van der Waals surface area contributed by atoms with E-state index in [2.05, 4.69) is 29.8 Å². The monoisotopic (exact) mass is 594 g/mol. The van der Waals surface area contributed by atoms with Crippen LogP contribution in [0.15, 0.2) is 24.5 Å². The van der Waals surface area contributed by atoms with Gasteiger partial charge in [0.1, 0.15) is 11.9 Å². The Balaban J connectivity index is 1.18. The standard InChI is InChI=1S/C26H23F5N6O5/c1-13(16-6-17-18(8-32-16)42-26(30,31)41-17)40-19-5-14(7-33-34-19)37-21-15(20(35-37)25(27,28)29)3-2-4-36(21)12-23-9-24(10-23,11-23)22(38)39/h5-8,13H,2-4,9-12H2,1H3,(H,38,39)/t13-,23?,24?/m0/s1. The number of ether oxygens (including phenoxy) is 3. The summed E-state index contributed by atoms with van der Waals surface area (Å²) in [7, 11) is 0. The number of hydrogen-bond acceptors (Lipinski definition) is 9. The molecule has 0 aromatic carbocycles. The molecule has 0 amide bonds. The van der Waals surface area contributed by atoms with E-state index in [4.69, 9.17) is 4.74 Å². The van der Waals surface area contributed by atoms with Crippen LogP contribution >= 0.6 is 0 Å². The summed E-state index contributed by atoms with van der Waals surface area (Å²) < 4.78 is 84.8. The van der Waals surface area contributed by atoms with E-state index in [0.717, 1.165) is 6.20 Å². The Kier molecular flexibility index (Phi) is 5.48. The van der Waals surface area contributed by atoms with E-state index in [9.17, 15) is 31.9 Å². The number of halogens is 5. The molecule has 222 valence electrons. The molecule has 11 nitrogen and oxygen atoms in total. The van der Waals surface area contributed by atoms with E-state index in [0.29, 0.717) is 38.8 Å². The SMILES string of the molecule is C[C@H](Oc1cc(-n2nc(C(F)(F)F)c3c2N(CC24CC(C(=O)O)(C2)C4)CCC3)cnn1)c1cc2c(cn1)OC(F)(F)O2. The molecule has 0 saturated heterocycles. The van der Waals surface area contributed by atoms with Crippen molar-refractivity contribution in [2.75, 3.05) is 18.0 Å². The average molecular weight is 594 g/mol. The number of carbonyl (C=O) groups is 1. The molecule has 8 rings (SSSR count). The third kappa shape index (κ3) is 4.17. The number of hydrogen-bond donors (Lipinski definition) is 1. The van der Waals surface area contributed by atoms with Crippen LogP contribution in [0.1, 0.15) is 55.7 Å². The minimum Gasteiger partial charge on any atom is -0.481 e. The Bertz CT molecular complexity index is 1590. The third-order valence-electron chi connectivity index (χ3n) is 8.39. The minimum absolute atomic E-state index is 0.0622. The topological polar surface area (TPSA) is 125 Å². The molecule has 0 spiro atoms. The maximum atomic E-state index is 14.1. The second-order valence-corrected chi connectivity index (χ2v) is 11.4. The van der Waals surface area contributed by atoms with E-state index in [1.807, 2.05) is 4.90 Å². The first-order chi connectivity index (χ1) is 19.8. The molecule has 1 atom stereocenters. The predicted molar refractivity (Wildman–Crippen MR) is 131 cm³/mol. The summed E-state index contributed by atoms with van der Waals surface area (Å²) in [5, 5.41) is 21.3. The second-order valence-electron chi connectivity index (χ2n) is 11.4. The van der Waals surface area contributed by atoms with Gasteiger partial charge in [0, 0.05) is 30.8 Å². The zero-order chi connectivity index (χ0) is 29.7. The van der Waals surface area contributed by atoms with Crippen LogP contribution in [0.3, 0.4) is 0 Å².